The molecule has 1 rings (SSSR count). The van der Waals surface area contributed by atoms with Crippen LogP contribution in [0.25, 0.3) is 0 Å². The summed E-state index contributed by atoms with van der Waals surface area (Å²) < 4.78 is 11.8. The Kier molecular flexibility index (Phi) is 6.67. The Balaban J connectivity index is 2.74. The quantitative estimate of drug-likeness (QED) is 0.770. The molecule has 0 radical (unpaired) electrons. The van der Waals surface area contributed by atoms with Crippen molar-refractivity contribution in [3.05, 3.63) is 26.6 Å². The third-order valence-corrected chi connectivity index (χ3v) is 3.31. The summed E-state index contributed by atoms with van der Waals surface area (Å²) in [7, 11) is 0. The van der Waals surface area contributed by atoms with Gasteiger partial charge in [-0.1, -0.05) is 0 Å². The second-order valence-corrected chi connectivity index (χ2v) is 5.23. The number of benzene rings is 1. The number of carbonyl (C=O) groups excluding carboxylic acids is 1. The first-order valence-corrected chi connectivity index (χ1v) is 7.13. The Hall–Kier alpha value is -0.590. The van der Waals surface area contributed by atoms with E-state index in [-0.39, 0.29) is 12.6 Å². The molecule has 0 atom stereocenters. The molecule has 2 N–H and O–H groups in total. The van der Waals surface area contributed by atoms with Gasteiger partial charge in [-0.05, 0) is 69.4 Å². The molecular formula is C12H15Br2NO3. The Morgan fingerprint density at radius 3 is 2.44 bits per heavy atom. The molecule has 1 aromatic carbocycles. The second kappa shape index (κ2) is 7.76. The number of rotatable bonds is 6. The molecule has 6 heteroatoms. The van der Waals surface area contributed by atoms with Gasteiger partial charge in [0.25, 0.3) is 0 Å². The average molecular weight is 381 g/mol. The number of halogens is 2. The van der Waals surface area contributed by atoms with Crippen LogP contribution in [-0.2, 0) is 16.0 Å². The van der Waals surface area contributed by atoms with Crippen LogP contribution >= 0.6 is 31.9 Å². The fourth-order valence-electron chi connectivity index (χ4n) is 1.40. The van der Waals surface area contributed by atoms with Crippen molar-refractivity contribution in [3.63, 3.8) is 0 Å². The van der Waals surface area contributed by atoms with Gasteiger partial charge in [-0.15, -0.1) is 0 Å². The zero-order valence-corrected chi connectivity index (χ0v) is 13.2. The first kappa shape index (κ1) is 15.5. The van der Waals surface area contributed by atoms with E-state index in [1.54, 1.807) is 6.92 Å². The van der Waals surface area contributed by atoms with Crippen LogP contribution in [0.4, 0.5) is 0 Å². The van der Waals surface area contributed by atoms with E-state index in [4.69, 9.17) is 15.2 Å². The predicted molar refractivity (Wildman–Crippen MR) is 76.7 cm³/mol. The molecule has 0 amide bonds. The third kappa shape index (κ3) is 4.59. The van der Waals surface area contributed by atoms with E-state index in [1.807, 2.05) is 12.1 Å². The fraction of sp³-hybridized carbons (Fsp3) is 0.417. The molecule has 0 aliphatic carbocycles. The number of esters is 1. The molecule has 0 saturated heterocycles. The van der Waals surface area contributed by atoms with Crippen molar-refractivity contribution in [2.45, 2.75) is 13.3 Å². The minimum atomic E-state index is -0.387. The van der Waals surface area contributed by atoms with Gasteiger partial charge in [0, 0.05) is 0 Å². The fourth-order valence-corrected chi connectivity index (χ4v) is 2.91. The smallest absolute Gasteiger partial charge is 0.344 e. The van der Waals surface area contributed by atoms with Crippen LogP contribution < -0.4 is 10.5 Å². The first-order valence-electron chi connectivity index (χ1n) is 5.54. The standard InChI is InChI=1S/C12H15Br2NO3/c1-2-17-11(16)7-18-12-9(13)5-8(3-4-15)6-10(12)14/h5-6H,2-4,7,15H2,1H3. The Morgan fingerprint density at radius 2 is 1.94 bits per heavy atom. The zero-order chi connectivity index (χ0) is 13.5. The maximum Gasteiger partial charge on any atom is 0.344 e. The highest BCUT2D eigenvalue weighted by Crippen LogP contribution is 2.34. The molecule has 0 aromatic heterocycles. The van der Waals surface area contributed by atoms with Crippen molar-refractivity contribution in [1.29, 1.82) is 0 Å². The summed E-state index contributed by atoms with van der Waals surface area (Å²) in [5, 5.41) is 0. The highest BCUT2D eigenvalue weighted by molar-refractivity contribution is 9.11. The van der Waals surface area contributed by atoms with E-state index >= 15 is 0 Å². The topological polar surface area (TPSA) is 61.5 Å². The van der Waals surface area contributed by atoms with Gasteiger partial charge in [-0.3, -0.25) is 0 Å². The molecule has 0 saturated carbocycles. The molecule has 4 nitrogen and oxygen atoms in total. The summed E-state index contributed by atoms with van der Waals surface area (Å²) in [5.41, 5.74) is 6.60. The van der Waals surface area contributed by atoms with Crippen LogP contribution in [0, 0.1) is 0 Å². The van der Waals surface area contributed by atoms with Crippen LogP contribution in [0.1, 0.15) is 12.5 Å². The van der Waals surface area contributed by atoms with Gasteiger partial charge in [-0.25, -0.2) is 4.79 Å². The van der Waals surface area contributed by atoms with Gasteiger partial charge in [-0.2, -0.15) is 0 Å². The SMILES string of the molecule is CCOC(=O)COc1c(Br)cc(CCN)cc1Br. The molecule has 0 bridgehead atoms. The summed E-state index contributed by atoms with van der Waals surface area (Å²) in [5.74, 6) is 0.200. The van der Waals surface area contributed by atoms with Crippen molar-refractivity contribution in [2.75, 3.05) is 19.8 Å². The van der Waals surface area contributed by atoms with E-state index in [2.05, 4.69) is 31.9 Å². The van der Waals surface area contributed by atoms with E-state index < -0.39 is 0 Å². The highest BCUT2D eigenvalue weighted by atomic mass is 79.9. The Morgan fingerprint density at radius 1 is 1.33 bits per heavy atom. The molecule has 18 heavy (non-hydrogen) atoms. The normalized spacial score (nSPS) is 10.2. The van der Waals surface area contributed by atoms with Crippen molar-refractivity contribution in [1.82, 2.24) is 0 Å². The molecule has 1 aromatic rings. The van der Waals surface area contributed by atoms with E-state index in [0.717, 1.165) is 20.9 Å². The van der Waals surface area contributed by atoms with Crippen LogP contribution in [0.3, 0.4) is 0 Å². The van der Waals surface area contributed by atoms with Gasteiger partial charge in [0.15, 0.2) is 6.61 Å². The maximum absolute atomic E-state index is 11.2. The van der Waals surface area contributed by atoms with Gasteiger partial charge in [0.1, 0.15) is 5.75 Å². The second-order valence-electron chi connectivity index (χ2n) is 3.52. The van der Waals surface area contributed by atoms with Gasteiger partial charge in [0.05, 0.1) is 15.6 Å². The highest BCUT2D eigenvalue weighted by Gasteiger charge is 2.11. The van der Waals surface area contributed by atoms with Gasteiger partial charge >= 0.3 is 5.97 Å². The van der Waals surface area contributed by atoms with E-state index in [0.29, 0.717) is 18.9 Å². The Bertz CT molecular complexity index is 401. The summed E-state index contributed by atoms with van der Waals surface area (Å²) >= 11 is 6.82. The molecule has 0 spiro atoms. The first-order chi connectivity index (χ1) is 8.58. The van der Waals surface area contributed by atoms with Crippen molar-refractivity contribution >= 4 is 37.8 Å². The lowest BCUT2D eigenvalue weighted by Crippen LogP contribution is -2.15. The van der Waals surface area contributed by atoms with Crippen LogP contribution in [-0.4, -0.2) is 25.7 Å². The monoisotopic (exact) mass is 379 g/mol. The number of hydrogen-bond donors (Lipinski definition) is 1. The Labute approximate surface area is 123 Å². The third-order valence-electron chi connectivity index (χ3n) is 2.13. The van der Waals surface area contributed by atoms with Crippen LogP contribution in [0.5, 0.6) is 5.75 Å². The minimum absolute atomic E-state index is 0.110. The molecule has 0 unspecified atom stereocenters. The summed E-state index contributed by atoms with van der Waals surface area (Å²) in [6, 6.07) is 3.86. The number of nitrogens with two attached hydrogens (primary N) is 1. The molecule has 100 valence electrons. The maximum atomic E-state index is 11.2. The molecule has 0 aliphatic heterocycles. The van der Waals surface area contributed by atoms with E-state index in [1.165, 1.54) is 0 Å². The summed E-state index contributed by atoms with van der Waals surface area (Å²) in [4.78, 5) is 11.2. The molecule has 0 fully saturated rings. The van der Waals surface area contributed by atoms with Crippen LogP contribution in [0.15, 0.2) is 21.1 Å². The lowest BCUT2D eigenvalue weighted by atomic mass is 10.1. The van der Waals surface area contributed by atoms with Crippen molar-refractivity contribution < 1.29 is 14.3 Å². The lowest BCUT2D eigenvalue weighted by molar-refractivity contribution is -0.145. The van der Waals surface area contributed by atoms with Gasteiger partial charge in [0.2, 0.25) is 0 Å². The van der Waals surface area contributed by atoms with E-state index in [9.17, 15) is 4.79 Å². The predicted octanol–water partition coefficient (Wildman–Crippen LogP) is 2.65. The van der Waals surface area contributed by atoms with Crippen molar-refractivity contribution in [2.24, 2.45) is 5.73 Å². The molecule has 0 heterocycles. The summed E-state index contributed by atoms with van der Waals surface area (Å²) in [6.07, 6.45) is 0.787. The molecule has 0 aliphatic rings. The number of ether oxygens (including phenoxy) is 2. The van der Waals surface area contributed by atoms with Crippen LogP contribution in [0.2, 0.25) is 0 Å². The number of hydrogen-bond acceptors (Lipinski definition) is 4. The summed E-state index contributed by atoms with van der Waals surface area (Å²) in [6.45, 7) is 2.58. The van der Waals surface area contributed by atoms with Crippen molar-refractivity contribution in [3.8, 4) is 5.75 Å². The zero-order valence-electron chi connectivity index (χ0n) is 10.0. The lowest BCUT2D eigenvalue weighted by Gasteiger charge is -2.11. The van der Waals surface area contributed by atoms with Gasteiger partial charge < -0.3 is 15.2 Å². The minimum Gasteiger partial charge on any atom is -0.480 e. The largest absolute Gasteiger partial charge is 0.480 e. The average Bonchev–Trinajstić information content (AvgIpc) is 2.28. The number of carbonyl (C=O) groups is 1. The molecular weight excluding hydrogens is 366 g/mol.